The smallest absolute Gasteiger partial charge is 0.274 e. The number of benzene rings is 1. The topological polar surface area (TPSA) is 29.5 Å². The minimum atomic E-state index is -1.46. The Hall–Kier alpha value is -1.35. The highest BCUT2D eigenvalue weighted by Gasteiger charge is 2.26. The molecule has 3 nitrogen and oxygen atoms in total. The van der Waals surface area contributed by atoms with Crippen LogP contribution in [0.2, 0.25) is 0 Å². The minimum absolute atomic E-state index is 0.273. The number of rotatable bonds is 1. The van der Waals surface area contributed by atoms with E-state index < -0.39 is 7.06 Å². The van der Waals surface area contributed by atoms with Gasteiger partial charge in [-0.3, -0.25) is 9.63 Å². The fourth-order valence-electron chi connectivity index (χ4n) is 1.31. The van der Waals surface area contributed by atoms with Gasteiger partial charge in [-0.2, -0.15) is 0 Å². The highest BCUT2D eigenvalue weighted by molar-refractivity contribution is 5.97. The average Bonchev–Trinajstić information content (AvgIpc) is 2.44. The molecule has 0 atom stereocenters. The molecule has 1 amide bonds. The number of fused-ring (bicyclic) bond motifs is 1. The third-order valence-corrected chi connectivity index (χ3v) is 1.92. The molecule has 1 aliphatic rings. The Morgan fingerprint density at radius 1 is 1.58 bits per heavy atom. The summed E-state index contributed by atoms with van der Waals surface area (Å²) in [4.78, 5) is 16.3. The van der Waals surface area contributed by atoms with Gasteiger partial charge in [-0.15, -0.1) is 0 Å². The molecule has 1 heterocycles. The van der Waals surface area contributed by atoms with Gasteiger partial charge in [0.15, 0.2) is 0 Å². The molecule has 0 N–H and O–H groups in total. The summed E-state index contributed by atoms with van der Waals surface area (Å²) >= 11 is 0. The third kappa shape index (κ3) is 0.905. The highest BCUT2D eigenvalue weighted by Crippen LogP contribution is 2.21. The fourth-order valence-corrected chi connectivity index (χ4v) is 1.31. The van der Waals surface area contributed by atoms with Gasteiger partial charge < -0.3 is 0 Å². The summed E-state index contributed by atoms with van der Waals surface area (Å²) in [5.74, 6) is -0.273. The van der Waals surface area contributed by atoms with E-state index in [1.54, 1.807) is 12.1 Å². The van der Waals surface area contributed by atoms with Crippen molar-refractivity contribution in [1.82, 2.24) is 5.06 Å². The average molecular weight is 165 g/mol. The third-order valence-electron chi connectivity index (χ3n) is 1.92. The van der Waals surface area contributed by atoms with E-state index in [1.165, 1.54) is 0 Å². The van der Waals surface area contributed by atoms with Crippen LogP contribution < -0.4 is 0 Å². The molecule has 3 heteroatoms. The molecule has 2 rings (SSSR count). The predicted octanol–water partition coefficient (Wildman–Crippen LogP) is 1.20. The molecule has 0 unspecified atom stereocenters. The van der Waals surface area contributed by atoms with E-state index in [0.29, 0.717) is 12.1 Å². The van der Waals surface area contributed by atoms with Crippen molar-refractivity contribution >= 4 is 5.91 Å². The zero-order valence-corrected chi connectivity index (χ0v) is 6.36. The van der Waals surface area contributed by atoms with E-state index in [-0.39, 0.29) is 5.91 Å². The van der Waals surface area contributed by atoms with Gasteiger partial charge in [0.2, 0.25) is 0 Å². The first-order valence-corrected chi connectivity index (χ1v) is 3.59. The second-order valence-corrected chi connectivity index (χ2v) is 2.60. The second-order valence-electron chi connectivity index (χ2n) is 2.60. The molecule has 1 aromatic rings. The molecule has 0 saturated carbocycles. The van der Waals surface area contributed by atoms with Crippen molar-refractivity contribution in [1.29, 1.82) is 0 Å². The van der Waals surface area contributed by atoms with Crippen molar-refractivity contribution in [2.45, 2.75) is 6.54 Å². The molecule has 12 heavy (non-hydrogen) atoms. The highest BCUT2D eigenvalue weighted by atomic mass is 16.7. The standard InChI is InChI=1S/C9H9NO2/c1-12-10-6-7-4-2-3-5-8(7)9(10)11/h2-5H,6H2,1H3/i1D2. The summed E-state index contributed by atoms with van der Waals surface area (Å²) in [6.07, 6.45) is 0. The molecule has 0 radical (unpaired) electrons. The van der Waals surface area contributed by atoms with Crippen LogP contribution >= 0.6 is 0 Å². The summed E-state index contributed by atoms with van der Waals surface area (Å²) in [6.45, 7) is 0.323. The molecule has 1 aromatic carbocycles. The van der Waals surface area contributed by atoms with E-state index in [1.807, 2.05) is 12.1 Å². The van der Waals surface area contributed by atoms with Crippen LogP contribution in [0.15, 0.2) is 24.3 Å². The number of carbonyl (C=O) groups is 1. The molecule has 0 aliphatic carbocycles. The Labute approximate surface area is 73.3 Å². The minimum Gasteiger partial charge on any atom is -0.274 e. The van der Waals surface area contributed by atoms with Gasteiger partial charge in [-0.25, -0.2) is 5.06 Å². The first-order valence-electron chi connectivity index (χ1n) is 4.75. The second kappa shape index (κ2) is 2.60. The van der Waals surface area contributed by atoms with Crippen LogP contribution in [-0.2, 0) is 11.4 Å². The lowest BCUT2D eigenvalue weighted by Gasteiger charge is -2.09. The summed E-state index contributed by atoms with van der Waals surface area (Å²) in [6, 6.07) is 7.16. The lowest BCUT2D eigenvalue weighted by molar-refractivity contribution is -0.0956. The van der Waals surface area contributed by atoms with Gasteiger partial charge in [0, 0.05) is 5.56 Å². The Kier molecular flexibility index (Phi) is 1.16. The zero-order chi connectivity index (χ0) is 10.1. The molecule has 1 aliphatic heterocycles. The van der Waals surface area contributed by atoms with Crippen LogP contribution in [0.3, 0.4) is 0 Å². The molecule has 0 fully saturated rings. The van der Waals surface area contributed by atoms with Crippen molar-refractivity contribution in [3.8, 4) is 0 Å². The van der Waals surface area contributed by atoms with Crippen LogP contribution in [0.5, 0.6) is 0 Å². The maximum atomic E-state index is 11.6. The summed E-state index contributed by atoms with van der Waals surface area (Å²) in [7, 11) is -1.46. The first-order chi connectivity index (χ1) is 6.68. The monoisotopic (exact) mass is 165 g/mol. The van der Waals surface area contributed by atoms with Crippen molar-refractivity contribution in [2.24, 2.45) is 0 Å². The number of amides is 1. The van der Waals surface area contributed by atoms with E-state index in [2.05, 4.69) is 0 Å². The lowest BCUT2D eigenvalue weighted by atomic mass is 10.1. The number of nitrogens with zero attached hydrogens (tertiary/aromatic N) is 1. The number of hydrogen-bond acceptors (Lipinski definition) is 2. The number of hydroxylamine groups is 2. The van der Waals surface area contributed by atoms with Gasteiger partial charge in [0.05, 0.1) is 16.3 Å². The molecular weight excluding hydrogens is 154 g/mol. The maximum Gasteiger partial charge on any atom is 0.278 e. The Bertz CT molecular complexity index is 368. The molecular formula is C9H9NO2. The van der Waals surface area contributed by atoms with Gasteiger partial charge in [-0.05, 0) is 11.6 Å². The van der Waals surface area contributed by atoms with Crippen molar-refractivity contribution in [3.05, 3.63) is 35.4 Å². The van der Waals surface area contributed by atoms with Gasteiger partial charge >= 0.3 is 0 Å². The van der Waals surface area contributed by atoms with Gasteiger partial charge in [0.1, 0.15) is 0 Å². The van der Waals surface area contributed by atoms with Crippen LogP contribution in [0.1, 0.15) is 18.7 Å². The van der Waals surface area contributed by atoms with E-state index >= 15 is 0 Å². The van der Waals surface area contributed by atoms with Crippen molar-refractivity contribution in [2.75, 3.05) is 7.06 Å². The summed E-state index contributed by atoms with van der Waals surface area (Å²) in [5.41, 5.74) is 1.46. The van der Waals surface area contributed by atoms with E-state index in [9.17, 15) is 4.79 Å². The fraction of sp³-hybridized carbons (Fsp3) is 0.222. The van der Waals surface area contributed by atoms with Crippen molar-refractivity contribution in [3.63, 3.8) is 0 Å². The predicted molar refractivity (Wildman–Crippen MR) is 43.3 cm³/mol. The SMILES string of the molecule is [2H]C([2H])ON1Cc2ccccc2C1=O. The normalized spacial score (nSPS) is 17.8. The molecule has 0 saturated heterocycles. The van der Waals surface area contributed by atoms with Crippen LogP contribution in [0, 0.1) is 0 Å². The van der Waals surface area contributed by atoms with Crippen LogP contribution in [0.25, 0.3) is 0 Å². The van der Waals surface area contributed by atoms with Gasteiger partial charge in [0.25, 0.3) is 5.91 Å². The lowest BCUT2D eigenvalue weighted by Crippen LogP contribution is -2.21. The number of hydrogen-bond donors (Lipinski definition) is 0. The molecule has 0 bridgehead atoms. The molecule has 0 spiro atoms. The maximum absolute atomic E-state index is 11.6. The first kappa shape index (κ1) is 5.32. The number of carbonyl (C=O) groups excluding carboxylic acids is 1. The largest absolute Gasteiger partial charge is 0.278 e. The van der Waals surface area contributed by atoms with E-state index in [0.717, 1.165) is 10.6 Å². The zero-order valence-electron chi connectivity index (χ0n) is 8.36. The molecule has 62 valence electrons. The Morgan fingerprint density at radius 2 is 2.42 bits per heavy atom. The summed E-state index contributed by atoms with van der Waals surface area (Å²) < 4.78 is 13.8. The Morgan fingerprint density at radius 3 is 3.17 bits per heavy atom. The van der Waals surface area contributed by atoms with Crippen LogP contribution in [-0.4, -0.2) is 18.0 Å². The van der Waals surface area contributed by atoms with Crippen molar-refractivity contribution < 1.29 is 12.4 Å². The van der Waals surface area contributed by atoms with Gasteiger partial charge in [-0.1, -0.05) is 18.2 Å². The van der Waals surface area contributed by atoms with E-state index in [4.69, 9.17) is 7.58 Å². The summed E-state index contributed by atoms with van der Waals surface area (Å²) in [5, 5.41) is 1.05. The quantitative estimate of drug-likeness (QED) is 0.625. The molecule has 0 aromatic heterocycles. The van der Waals surface area contributed by atoms with Crippen LogP contribution in [0.4, 0.5) is 0 Å². The Balaban J connectivity index is 2.21.